The Morgan fingerprint density at radius 2 is 1.73 bits per heavy atom. The first kappa shape index (κ1) is 27.2. The first-order valence-corrected chi connectivity index (χ1v) is 14.1. The number of rotatable bonds is 10. The first-order valence-electron chi connectivity index (χ1n) is 12.0. The van der Waals surface area contributed by atoms with E-state index in [0.717, 1.165) is 18.5 Å². The Morgan fingerprint density at radius 1 is 1.00 bits per heavy atom. The minimum Gasteiger partial charge on any atom is -0.379 e. The Labute approximate surface area is 226 Å². The van der Waals surface area contributed by atoms with Crippen LogP contribution in [-0.4, -0.2) is 38.4 Å². The van der Waals surface area contributed by atoms with Gasteiger partial charge >= 0.3 is 10.1 Å². The number of amides is 1. The molecule has 0 atom stereocenters. The summed E-state index contributed by atoms with van der Waals surface area (Å²) in [6, 6.07) is 14.8. The van der Waals surface area contributed by atoms with E-state index in [0.29, 0.717) is 18.7 Å². The lowest BCUT2D eigenvalue weighted by Crippen LogP contribution is -2.33. The minimum atomic E-state index is -4.26. The third-order valence-corrected chi connectivity index (χ3v) is 8.19. The molecule has 0 aliphatic heterocycles. The lowest BCUT2D eigenvalue weighted by Gasteiger charge is -2.26. The molecule has 6 nitrogen and oxygen atoms in total. The summed E-state index contributed by atoms with van der Waals surface area (Å²) in [6.45, 7) is 5.51. The van der Waals surface area contributed by atoms with Gasteiger partial charge in [0.15, 0.2) is 0 Å². The SMILES string of the molecule is CCN(CC)c1ccc(CN(C(=O)c2cccc(F)c2)C2CC2)c(OS(=O)(=O)c2ccc(Cl)c(Cl)c2)c1. The summed E-state index contributed by atoms with van der Waals surface area (Å²) in [5.41, 5.74) is 1.52. The largest absolute Gasteiger partial charge is 0.379 e. The molecule has 1 amide bonds. The quantitative estimate of drug-likeness (QED) is 0.261. The number of nitrogens with zero attached hydrogens (tertiary/aromatic N) is 2. The smallest absolute Gasteiger partial charge is 0.339 e. The van der Waals surface area contributed by atoms with Crippen molar-refractivity contribution in [2.24, 2.45) is 0 Å². The second-order valence-electron chi connectivity index (χ2n) is 8.75. The molecule has 10 heteroatoms. The Bertz CT molecular complexity index is 1410. The summed E-state index contributed by atoms with van der Waals surface area (Å²) >= 11 is 12.0. The van der Waals surface area contributed by atoms with Gasteiger partial charge in [0.25, 0.3) is 5.91 Å². The van der Waals surface area contributed by atoms with Crippen LogP contribution in [0.25, 0.3) is 0 Å². The average molecular weight is 565 g/mol. The summed E-state index contributed by atoms with van der Waals surface area (Å²) in [6.07, 6.45) is 1.63. The molecule has 0 radical (unpaired) electrons. The fourth-order valence-corrected chi connectivity index (χ4v) is 5.41. The number of hydrogen-bond donors (Lipinski definition) is 0. The highest BCUT2D eigenvalue weighted by atomic mass is 35.5. The molecule has 0 aromatic heterocycles. The Hall–Kier alpha value is -2.81. The number of carbonyl (C=O) groups is 1. The topological polar surface area (TPSA) is 66.9 Å². The summed E-state index contributed by atoms with van der Waals surface area (Å²) < 4.78 is 45.9. The number of anilines is 1. The van der Waals surface area contributed by atoms with Crippen LogP contribution >= 0.6 is 23.2 Å². The van der Waals surface area contributed by atoms with Crippen molar-refractivity contribution in [3.8, 4) is 5.75 Å². The summed E-state index contributed by atoms with van der Waals surface area (Å²) in [7, 11) is -4.26. The van der Waals surface area contributed by atoms with Crippen LogP contribution < -0.4 is 9.08 Å². The molecule has 1 saturated carbocycles. The van der Waals surface area contributed by atoms with E-state index in [1.54, 1.807) is 23.1 Å². The minimum absolute atomic E-state index is 0.0160. The number of hydrogen-bond acceptors (Lipinski definition) is 5. The van der Waals surface area contributed by atoms with E-state index in [-0.39, 0.29) is 44.7 Å². The van der Waals surface area contributed by atoms with Crippen molar-refractivity contribution in [3.63, 3.8) is 0 Å². The third kappa shape index (κ3) is 6.37. The van der Waals surface area contributed by atoms with Crippen LogP contribution in [0.15, 0.2) is 65.6 Å². The van der Waals surface area contributed by atoms with Crippen molar-refractivity contribution < 1.29 is 21.8 Å². The van der Waals surface area contributed by atoms with Gasteiger partial charge < -0.3 is 14.0 Å². The van der Waals surface area contributed by atoms with Crippen LogP contribution in [0.3, 0.4) is 0 Å². The highest BCUT2D eigenvalue weighted by Crippen LogP contribution is 2.35. The van der Waals surface area contributed by atoms with Gasteiger partial charge in [-0.05, 0) is 69.2 Å². The predicted molar refractivity (Wildman–Crippen MR) is 144 cm³/mol. The van der Waals surface area contributed by atoms with Crippen molar-refractivity contribution in [1.29, 1.82) is 0 Å². The molecule has 0 heterocycles. The molecule has 4 rings (SSSR count). The van der Waals surface area contributed by atoms with Gasteiger partial charge in [0.05, 0.1) is 10.0 Å². The monoisotopic (exact) mass is 564 g/mol. The average Bonchev–Trinajstić information content (AvgIpc) is 3.70. The van der Waals surface area contributed by atoms with Gasteiger partial charge in [-0.1, -0.05) is 35.3 Å². The molecule has 0 saturated heterocycles. The predicted octanol–water partition coefficient (Wildman–Crippen LogP) is 6.55. The zero-order valence-corrected chi connectivity index (χ0v) is 22.8. The van der Waals surface area contributed by atoms with Crippen molar-refractivity contribution in [2.75, 3.05) is 18.0 Å². The lowest BCUT2D eigenvalue weighted by atomic mass is 10.1. The van der Waals surface area contributed by atoms with Crippen LogP contribution in [0.4, 0.5) is 10.1 Å². The lowest BCUT2D eigenvalue weighted by molar-refractivity contribution is 0.0729. The van der Waals surface area contributed by atoms with Crippen LogP contribution in [0, 0.1) is 5.82 Å². The van der Waals surface area contributed by atoms with E-state index in [4.69, 9.17) is 27.4 Å². The van der Waals surface area contributed by atoms with E-state index >= 15 is 0 Å². The maximum atomic E-state index is 13.8. The Kier molecular flexibility index (Phi) is 8.31. The zero-order chi connectivity index (χ0) is 26.7. The standard InChI is InChI=1S/C27H27Cl2FN2O4S/c1-3-31(4-2)22-9-8-19(17-32(21-10-11-21)27(33)18-6-5-7-20(30)14-18)26(15-22)36-37(34,35)23-12-13-24(28)25(29)16-23/h5-9,12-16,21H,3-4,10-11,17H2,1-2H3. The van der Waals surface area contributed by atoms with Gasteiger partial charge in [0.2, 0.25) is 0 Å². The van der Waals surface area contributed by atoms with Crippen LogP contribution in [-0.2, 0) is 16.7 Å². The van der Waals surface area contributed by atoms with E-state index < -0.39 is 15.9 Å². The fraction of sp³-hybridized carbons (Fsp3) is 0.296. The van der Waals surface area contributed by atoms with Gasteiger partial charge in [-0.25, -0.2) is 4.39 Å². The Morgan fingerprint density at radius 3 is 2.35 bits per heavy atom. The number of halogens is 3. The molecular formula is C27H27Cl2FN2O4S. The summed E-state index contributed by atoms with van der Waals surface area (Å²) in [5.74, 6) is -0.719. The third-order valence-electron chi connectivity index (χ3n) is 6.22. The van der Waals surface area contributed by atoms with Crippen LogP contribution in [0.2, 0.25) is 10.0 Å². The van der Waals surface area contributed by atoms with Gasteiger partial charge in [0, 0.05) is 48.6 Å². The highest BCUT2D eigenvalue weighted by Gasteiger charge is 2.34. The van der Waals surface area contributed by atoms with Gasteiger partial charge in [-0.15, -0.1) is 0 Å². The first-order chi connectivity index (χ1) is 17.6. The van der Waals surface area contributed by atoms with E-state index in [1.165, 1.54) is 36.4 Å². The van der Waals surface area contributed by atoms with E-state index in [2.05, 4.69) is 4.90 Å². The van der Waals surface area contributed by atoms with Crippen LogP contribution in [0.5, 0.6) is 5.75 Å². The highest BCUT2D eigenvalue weighted by molar-refractivity contribution is 7.87. The van der Waals surface area contributed by atoms with Crippen molar-refractivity contribution >= 4 is 44.9 Å². The van der Waals surface area contributed by atoms with Gasteiger partial charge in [-0.3, -0.25) is 4.79 Å². The molecule has 1 fully saturated rings. The van der Waals surface area contributed by atoms with Crippen molar-refractivity contribution in [2.45, 2.75) is 44.2 Å². The molecule has 0 unspecified atom stereocenters. The normalized spacial score (nSPS) is 13.3. The van der Waals surface area contributed by atoms with E-state index in [1.807, 2.05) is 19.9 Å². The molecule has 0 bridgehead atoms. The summed E-state index contributed by atoms with van der Waals surface area (Å²) in [5, 5.41) is 0.310. The molecule has 3 aromatic rings. The van der Waals surface area contributed by atoms with Crippen LogP contribution in [0.1, 0.15) is 42.6 Å². The maximum Gasteiger partial charge on any atom is 0.339 e. The van der Waals surface area contributed by atoms with E-state index in [9.17, 15) is 17.6 Å². The molecule has 1 aliphatic rings. The maximum absolute atomic E-state index is 13.8. The summed E-state index contributed by atoms with van der Waals surface area (Å²) in [4.78, 5) is 16.9. The fourth-order valence-electron chi connectivity index (χ4n) is 4.06. The number of carbonyl (C=O) groups excluding carboxylic acids is 1. The van der Waals surface area contributed by atoms with Crippen molar-refractivity contribution in [3.05, 3.63) is 87.7 Å². The molecule has 1 aliphatic carbocycles. The molecule has 3 aromatic carbocycles. The second-order valence-corrected chi connectivity index (χ2v) is 11.1. The van der Waals surface area contributed by atoms with Gasteiger partial charge in [0.1, 0.15) is 16.5 Å². The molecular weight excluding hydrogens is 538 g/mol. The molecule has 196 valence electrons. The van der Waals surface area contributed by atoms with Crippen molar-refractivity contribution in [1.82, 2.24) is 4.90 Å². The molecule has 0 N–H and O–H groups in total. The molecule has 37 heavy (non-hydrogen) atoms. The second kappa shape index (κ2) is 11.3. The number of benzene rings is 3. The zero-order valence-electron chi connectivity index (χ0n) is 20.5. The Balaban J connectivity index is 1.72. The van der Waals surface area contributed by atoms with Gasteiger partial charge in [-0.2, -0.15) is 8.42 Å². The molecule has 0 spiro atoms.